The molecule has 1 aliphatic rings. The lowest BCUT2D eigenvalue weighted by molar-refractivity contribution is 0.459. The molecular formula is C23H26Cl2N2. The molecule has 0 atom stereocenters. The Morgan fingerprint density at radius 1 is 0.926 bits per heavy atom. The number of hydrogen-bond donors (Lipinski definition) is 1. The van der Waals surface area contributed by atoms with Gasteiger partial charge in [0, 0.05) is 46.3 Å². The second-order valence-corrected chi connectivity index (χ2v) is 8.45. The molecule has 1 heterocycles. The molecule has 4 heteroatoms. The minimum Gasteiger partial charge on any atom is -0.343 e. The predicted molar refractivity (Wildman–Crippen MR) is 116 cm³/mol. The predicted octanol–water partition coefficient (Wildman–Crippen LogP) is 6.81. The summed E-state index contributed by atoms with van der Waals surface area (Å²) in [6.07, 6.45) is 10.4. The van der Waals surface area contributed by atoms with Crippen LogP contribution in [0.2, 0.25) is 10.0 Å². The SMILES string of the molecule is Clc1ccc(Cn2cc(CNC3CCCCCC3)c3ccccc32)c(Cl)c1. The molecule has 1 aromatic heterocycles. The van der Waals surface area contributed by atoms with Gasteiger partial charge in [-0.15, -0.1) is 0 Å². The van der Waals surface area contributed by atoms with Gasteiger partial charge in [0.15, 0.2) is 0 Å². The van der Waals surface area contributed by atoms with Crippen molar-refractivity contribution in [3.63, 3.8) is 0 Å². The van der Waals surface area contributed by atoms with Crippen LogP contribution in [-0.4, -0.2) is 10.6 Å². The Morgan fingerprint density at radius 2 is 1.70 bits per heavy atom. The molecule has 0 aliphatic heterocycles. The highest BCUT2D eigenvalue weighted by Crippen LogP contribution is 2.26. The summed E-state index contributed by atoms with van der Waals surface area (Å²) < 4.78 is 2.30. The lowest BCUT2D eigenvalue weighted by Gasteiger charge is -2.15. The molecule has 1 saturated carbocycles. The number of aromatic nitrogens is 1. The number of rotatable bonds is 5. The average molecular weight is 401 g/mol. The Hall–Kier alpha value is -1.48. The van der Waals surface area contributed by atoms with Crippen molar-refractivity contribution >= 4 is 34.1 Å². The molecule has 1 aliphatic carbocycles. The molecule has 142 valence electrons. The second kappa shape index (κ2) is 8.68. The minimum atomic E-state index is 0.653. The van der Waals surface area contributed by atoms with Gasteiger partial charge in [0.25, 0.3) is 0 Å². The summed E-state index contributed by atoms with van der Waals surface area (Å²) in [6.45, 7) is 1.67. The van der Waals surface area contributed by atoms with Crippen molar-refractivity contribution in [2.45, 2.75) is 57.7 Å². The molecule has 2 aromatic carbocycles. The monoisotopic (exact) mass is 400 g/mol. The van der Waals surface area contributed by atoms with Gasteiger partial charge in [-0.05, 0) is 42.2 Å². The molecule has 0 amide bonds. The van der Waals surface area contributed by atoms with Gasteiger partial charge in [-0.1, -0.05) is 73.2 Å². The number of halogens is 2. The summed E-state index contributed by atoms with van der Waals surface area (Å²) in [5.74, 6) is 0. The fourth-order valence-corrected chi connectivity index (χ4v) is 4.63. The Labute approximate surface area is 171 Å². The molecule has 0 spiro atoms. The minimum absolute atomic E-state index is 0.653. The Bertz CT molecular complexity index is 908. The first-order valence-corrected chi connectivity index (χ1v) is 10.7. The van der Waals surface area contributed by atoms with Crippen molar-refractivity contribution in [2.75, 3.05) is 0 Å². The summed E-state index contributed by atoms with van der Waals surface area (Å²) >= 11 is 12.5. The largest absolute Gasteiger partial charge is 0.343 e. The Balaban J connectivity index is 1.56. The zero-order valence-corrected chi connectivity index (χ0v) is 17.1. The van der Waals surface area contributed by atoms with Crippen LogP contribution < -0.4 is 5.32 Å². The van der Waals surface area contributed by atoms with E-state index in [4.69, 9.17) is 23.2 Å². The van der Waals surface area contributed by atoms with E-state index in [0.29, 0.717) is 11.1 Å². The van der Waals surface area contributed by atoms with E-state index >= 15 is 0 Å². The van der Waals surface area contributed by atoms with Crippen LogP contribution in [0.1, 0.15) is 49.7 Å². The highest BCUT2D eigenvalue weighted by Gasteiger charge is 2.14. The maximum Gasteiger partial charge on any atom is 0.0491 e. The van der Waals surface area contributed by atoms with Gasteiger partial charge in [0.05, 0.1) is 0 Å². The normalized spacial score (nSPS) is 15.9. The van der Waals surface area contributed by atoms with Gasteiger partial charge < -0.3 is 9.88 Å². The molecule has 1 N–H and O–H groups in total. The molecule has 3 aromatic rings. The number of hydrogen-bond acceptors (Lipinski definition) is 1. The van der Waals surface area contributed by atoms with E-state index in [9.17, 15) is 0 Å². The molecule has 1 fully saturated rings. The number of fused-ring (bicyclic) bond motifs is 1. The first kappa shape index (κ1) is 18.9. The topological polar surface area (TPSA) is 17.0 Å². The van der Waals surface area contributed by atoms with E-state index in [1.807, 2.05) is 18.2 Å². The first-order chi connectivity index (χ1) is 13.2. The van der Waals surface area contributed by atoms with Crippen molar-refractivity contribution in [3.8, 4) is 0 Å². The van der Waals surface area contributed by atoms with Gasteiger partial charge in [-0.25, -0.2) is 0 Å². The van der Waals surface area contributed by atoms with Crippen LogP contribution in [0.25, 0.3) is 10.9 Å². The van der Waals surface area contributed by atoms with Crippen molar-refractivity contribution in [1.82, 2.24) is 9.88 Å². The molecular weight excluding hydrogens is 375 g/mol. The van der Waals surface area contributed by atoms with Crippen LogP contribution in [0.3, 0.4) is 0 Å². The number of benzene rings is 2. The van der Waals surface area contributed by atoms with Crippen LogP contribution in [0, 0.1) is 0 Å². The number of nitrogens with zero attached hydrogens (tertiary/aromatic N) is 1. The van der Waals surface area contributed by atoms with E-state index in [2.05, 4.69) is 40.3 Å². The summed E-state index contributed by atoms with van der Waals surface area (Å²) in [6, 6.07) is 15.0. The number of para-hydroxylation sites is 1. The fraction of sp³-hybridized carbons (Fsp3) is 0.391. The summed E-state index contributed by atoms with van der Waals surface area (Å²) in [5.41, 5.74) is 3.70. The zero-order chi connectivity index (χ0) is 18.6. The van der Waals surface area contributed by atoms with E-state index in [1.54, 1.807) is 0 Å². The van der Waals surface area contributed by atoms with Gasteiger partial charge >= 0.3 is 0 Å². The zero-order valence-electron chi connectivity index (χ0n) is 15.6. The highest BCUT2D eigenvalue weighted by atomic mass is 35.5. The molecule has 0 radical (unpaired) electrons. The van der Waals surface area contributed by atoms with E-state index in [0.717, 1.165) is 23.7 Å². The lowest BCUT2D eigenvalue weighted by atomic mass is 10.1. The lowest BCUT2D eigenvalue weighted by Crippen LogP contribution is -2.27. The average Bonchev–Trinajstić information content (AvgIpc) is 2.83. The van der Waals surface area contributed by atoms with Crippen LogP contribution in [0.15, 0.2) is 48.7 Å². The summed E-state index contributed by atoms with van der Waals surface area (Å²) in [7, 11) is 0. The van der Waals surface area contributed by atoms with E-state index in [-0.39, 0.29) is 0 Å². The molecule has 27 heavy (non-hydrogen) atoms. The summed E-state index contributed by atoms with van der Waals surface area (Å²) in [4.78, 5) is 0. The summed E-state index contributed by atoms with van der Waals surface area (Å²) in [5, 5.41) is 6.53. The third-order valence-corrected chi connectivity index (χ3v) is 6.25. The van der Waals surface area contributed by atoms with Crippen molar-refractivity contribution in [3.05, 3.63) is 69.8 Å². The van der Waals surface area contributed by atoms with Crippen molar-refractivity contribution in [2.24, 2.45) is 0 Å². The second-order valence-electron chi connectivity index (χ2n) is 7.60. The molecule has 0 unspecified atom stereocenters. The van der Waals surface area contributed by atoms with Crippen LogP contribution in [0.4, 0.5) is 0 Å². The molecule has 4 rings (SSSR count). The van der Waals surface area contributed by atoms with Gasteiger partial charge in [0.2, 0.25) is 0 Å². The third-order valence-electron chi connectivity index (χ3n) is 5.66. The van der Waals surface area contributed by atoms with Crippen LogP contribution in [-0.2, 0) is 13.1 Å². The number of nitrogens with one attached hydrogen (secondary N) is 1. The molecule has 0 bridgehead atoms. The standard InChI is InChI=1S/C23H26Cl2N2/c24-19-12-11-17(22(25)13-19)15-27-16-18(21-9-5-6-10-23(21)27)14-26-20-7-3-1-2-4-8-20/h5-6,9-13,16,20,26H,1-4,7-8,14-15H2. The highest BCUT2D eigenvalue weighted by molar-refractivity contribution is 6.35. The third kappa shape index (κ3) is 4.51. The van der Waals surface area contributed by atoms with E-state index in [1.165, 1.54) is 55.0 Å². The fourth-order valence-electron chi connectivity index (χ4n) is 4.17. The Kier molecular flexibility index (Phi) is 6.07. The first-order valence-electron chi connectivity index (χ1n) is 9.95. The van der Waals surface area contributed by atoms with Crippen molar-refractivity contribution < 1.29 is 0 Å². The van der Waals surface area contributed by atoms with Gasteiger partial charge in [0.1, 0.15) is 0 Å². The van der Waals surface area contributed by atoms with E-state index < -0.39 is 0 Å². The maximum absolute atomic E-state index is 6.41. The smallest absolute Gasteiger partial charge is 0.0491 e. The van der Waals surface area contributed by atoms with Crippen LogP contribution in [0.5, 0.6) is 0 Å². The molecule has 0 saturated heterocycles. The van der Waals surface area contributed by atoms with Crippen molar-refractivity contribution in [1.29, 1.82) is 0 Å². The van der Waals surface area contributed by atoms with Gasteiger partial charge in [-0.2, -0.15) is 0 Å². The molecule has 2 nitrogen and oxygen atoms in total. The Morgan fingerprint density at radius 3 is 2.48 bits per heavy atom. The van der Waals surface area contributed by atoms with Gasteiger partial charge in [-0.3, -0.25) is 0 Å². The van der Waals surface area contributed by atoms with Crippen LogP contribution >= 0.6 is 23.2 Å². The maximum atomic E-state index is 6.41. The quantitative estimate of drug-likeness (QED) is 0.465.